The Morgan fingerprint density at radius 2 is 2.50 bits per heavy atom. The molecule has 16 heavy (non-hydrogen) atoms. The SMILES string of the molecule is COC(=O)CN(CC#N)Cc1nnsc1Cl. The van der Waals surface area contributed by atoms with Crippen LogP contribution >= 0.6 is 23.1 Å². The van der Waals surface area contributed by atoms with Gasteiger partial charge in [0.15, 0.2) is 0 Å². The van der Waals surface area contributed by atoms with E-state index in [1.165, 1.54) is 7.11 Å². The van der Waals surface area contributed by atoms with Crippen molar-refractivity contribution in [3.05, 3.63) is 10.0 Å². The number of hydrogen-bond donors (Lipinski definition) is 0. The molecule has 1 heterocycles. The Labute approximate surface area is 102 Å². The highest BCUT2D eigenvalue weighted by molar-refractivity contribution is 7.10. The fourth-order valence-electron chi connectivity index (χ4n) is 1.02. The Balaban J connectivity index is 2.61. The molecule has 0 amide bonds. The normalized spacial score (nSPS) is 10.1. The molecule has 0 N–H and O–H groups in total. The number of halogens is 1. The largest absolute Gasteiger partial charge is 0.468 e. The molecule has 86 valence electrons. The van der Waals surface area contributed by atoms with Crippen molar-refractivity contribution in [1.82, 2.24) is 14.5 Å². The predicted molar refractivity (Wildman–Crippen MR) is 57.8 cm³/mol. The molecule has 0 aliphatic heterocycles. The van der Waals surface area contributed by atoms with Crippen LogP contribution in [0.5, 0.6) is 0 Å². The van der Waals surface area contributed by atoms with Gasteiger partial charge in [-0.25, -0.2) is 0 Å². The molecule has 0 atom stereocenters. The molecule has 0 aliphatic rings. The van der Waals surface area contributed by atoms with E-state index in [1.54, 1.807) is 4.90 Å². The Morgan fingerprint density at radius 1 is 1.75 bits per heavy atom. The summed E-state index contributed by atoms with van der Waals surface area (Å²) in [5.74, 6) is -0.408. The number of hydrogen-bond acceptors (Lipinski definition) is 7. The minimum atomic E-state index is -0.408. The summed E-state index contributed by atoms with van der Waals surface area (Å²) in [5.41, 5.74) is 0.561. The third kappa shape index (κ3) is 3.73. The van der Waals surface area contributed by atoms with E-state index >= 15 is 0 Å². The molecule has 0 spiro atoms. The highest BCUT2D eigenvalue weighted by Crippen LogP contribution is 2.18. The first-order valence-electron chi connectivity index (χ1n) is 4.30. The fourth-order valence-corrected chi connectivity index (χ4v) is 1.63. The first-order valence-corrected chi connectivity index (χ1v) is 5.45. The molecule has 1 aromatic heterocycles. The van der Waals surface area contributed by atoms with Gasteiger partial charge in [0.05, 0.1) is 26.3 Å². The summed E-state index contributed by atoms with van der Waals surface area (Å²) >= 11 is 6.89. The highest BCUT2D eigenvalue weighted by atomic mass is 35.5. The molecule has 1 rings (SSSR count). The van der Waals surface area contributed by atoms with E-state index in [4.69, 9.17) is 16.9 Å². The maximum atomic E-state index is 11.1. The lowest BCUT2D eigenvalue weighted by atomic mass is 10.4. The summed E-state index contributed by atoms with van der Waals surface area (Å²) in [4.78, 5) is 12.6. The zero-order chi connectivity index (χ0) is 12.0. The van der Waals surface area contributed by atoms with E-state index in [1.807, 2.05) is 6.07 Å². The molecular weight excluding hydrogens is 252 g/mol. The van der Waals surface area contributed by atoms with E-state index in [2.05, 4.69) is 14.3 Å². The molecule has 0 aliphatic carbocycles. The summed E-state index contributed by atoms with van der Waals surface area (Å²) in [6.45, 7) is 0.429. The molecule has 6 nitrogen and oxygen atoms in total. The molecule has 0 saturated carbocycles. The number of ether oxygens (including phenoxy) is 1. The number of aromatic nitrogens is 2. The molecule has 0 aromatic carbocycles. The number of nitriles is 1. The van der Waals surface area contributed by atoms with Crippen molar-refractivity contribution in [3.8, 4) is 6.07 Å². The zero-order valence-electron chi connectivity index (χ0n) is 8.51. The molecule has 1 aromatic rings. The van der Waals surface area contributed by atoms with Crippen LogP contribution in [0.15, 0.2) is 0 Å². The van der Waals surface area contributed by atoms with Crippen LogP contribution in [-0.2, 0) is 16.1 Å². The van der Waals surface area contributed by atoms with Crippen molar-refractivity contribution >= 4 is 29.1 Å². The molecular formula is C8H9ClN4O2S. The van der Waals surface area contributed by atoms with Crippen molar-refractivity contribution in [2.45, 2.75) is 6.54 Å². The van der Waals surface area contributed by atoms with E-state index < -0.39 is 5.97 Å². The van der Waals surface area contributed by atoms with Gasteiger partial charge in [-0.1, -0.05) is 16.1 Å². The lowest BCUT2D eigenvalue weighted by Crippen LogP contribution is -2.30. The second kappa shape index (κ2) is 6.37. The summed E-state index contributed by atoms with van der Waals surface area (Å²) < 4.78 is 8.65. The van der Waals surface area contributed by atoms with Gasteiger partial charge >= 0.3 is 5.97 Å². The van der Waals surface area contributed by atoms with Gasteiger partial charge in [0.1, 0.15) is 10.0 Å². The van der Waals surface area contributed by atoms with Crippen LogP contribution in [0, 0.1) is 11.3 Å². The Kier molecular flexibility index (Phi) is 5.11. The summed E-state index contributed by atoms with van der Waals surface area (Å²) in [7, 11) is 1.30. The van der Waals surface area contributed by atoms with Crippen LogP contribution < -0.4 is 0 Å². The van der Waals surface area contributed by atoms with Gasteiger partial charge in [-0.2, -0.15) is 5.26 Å². The van der Waals surface area contributed by atoms with Crippen molar-refractivity contribution in [2.75, 3.05) is 20.2 Å². The first kappa shape index (κ1) is 12.8. The maximum absolute atomic E-state index is 11.1. The fraction of sp³-hybridized carbons (Fsp3) is 0.500. The van der Waals surface area contributed by atoms with Crippen LogP contribution in [0.3, 0.4) is 0 Å². The number of nitrogens with zero attached hydrogens (tertiary/aromatic N) is 4. The van der Waals surface area contributed by atoms with E-state index in [0.717, 1.165) is 11.5 Å². The monoisotopic (exact) mass is 260 g/mol. The lowest BCUT2D eigenvalue weighted by Gasteiger charge is -2.15. The molecule has 0 unspecified atom stereocenters. The Morgan fingerprint density at radius 3 is 3.00 bits per heavy atom. The second-order valence-corrected chi connectivity index (χ2v) is 4.23. The van der Waals surface area contributed by atoms with Crippen LogP contribution in [0.1, 0.15) is 5.69 Å². The van der Waals surface area contributed by atoms with E-state index in [-0.39, 0.29) is 13.1 Å². The number of carbonyl (C=O) groups is 1. The quantitative estimate of drug-likeness (QED) is 0.572. The molecule has 0 bridgehead atoms. The third-order valence-electron chi connectivity index (χ3n) is 1.76. The zero-order valence-corrected chi connectivity index (χ0v) is 10.1. The Hall–Kier alpha value is -1.23. The Bertz CT molecular complexity index is 403. The van der Waals surface area contributed by atoms with Crippen LogP contribution in [0.25, 0.3) is 0 Å². The number of esters is 1. The van der Waals surface area contributed by atoms with Gasteiger partial charge in [-0.3, -0.25) is 9.69 Å². The minimum absolute atomic E-state index is 0.0257. The molecule has 0 saturated heterocycles. The predicted octanol–water partition coefficient (Wildman–Crippen LogP) is 0.690. The van der Waals surface area contributed by atoms with Crippen LogP contribution in [0.2, 0.25) is 4.34 Å². The highest BCUT2D eigenvalue weighted by Gasteiger charge is 2.15. The van der Waals surface area contributed by atoms with Gasteiger partial charge in [-0.15, -0.1) is 5.10 Å². The maximum Gasteiger partial charge on any atom is 0.319 e. The first-order chi connectivity index (χ1) is 7.67. The van der Waals surface area contributed by atoms with Gasteiger partial charge in [0.2, 0.25) is 0 Å². The second-order valence-electron chi connectivity index (χ2n) is 2.87. The standard InChI is InChI=1S/C8H9ClN4O2S/c1-15-7(14)5-13(3-2-10)4-6-8(9)16-12-11-6/h3-5H2,1H3. The van der Waals surface area contributed by atoms with Crippen molar-refractivity contribution in [1.29, 1.82) is 5.26 Å². The number of carbonyl (C=O) groups excluding carboxylic acids is 1. The molecule has 0 radical (unpaired) electrons. The molecule has 0 fully saturated rings. The smallest absolute Gasteiger partial charge is 0.319 e. The molecule has 8 heteroatoms. The summed E-state index contributed by atoms with van der Waals surface area (Å²) in [6, 6.07) is 1.96. The summed E-state index contributed by atoms with van der Waals surface area (Å²) in [5, 5.41) is 12.4. The lowest BCUT2D eigenvalue weighted by molar-refractivity contribution is -0.141. The average Bonchev–Trinajstić information content (AvgIpc) is 2.64. The average molecular weight is 261 g/mol. The van der Waals surface area contributed by atoms with Gasteiger partial charge in [0.25, 0.3) is 0 Å². The van der Waals surface area contributed by atoms with Gasteiger partial charge < -0.3 is 4.74 Å². The van der Waals surface area contributed by atoms with Crippen molar-refractivity contribution < 1.29 is 9.53 Å². The number of methoxy groups -OCH3 is 1. The van der Waals surface area contributed by atoms with E-state index in [9.17, 15) is 4.79 Å². The third-order valence-corrected chi connectivity index (χ3v) is 2.74. The van der Waals surface area contributed by atoms with Gasteiger partial charge in [0, 0.05) is 18.1 Å². The minimum Gasteiger partial charge on any atom is -0.468 e. The van der Waals surface area contributed by atoms with Crippen molar-refractivity contribution in [2.24, 2.45) is 0 Å². The number of rotatable bonds is 5. The van der Waals surface area contributed by atoms with E-state index in [0.29, 0.717) is 16.6 Å². The van der Waals surface area contributed by atoms with Crippen molar-refractivity contribution in [3.63, 3.8) is 0 Å². The topological polar surface area (TPSA) is 79.1 Å². The van der Waals surface area contributed by atoms with Crippen LogP contribution in [0.4, 0.5) is 0 Å². The summed E-state index contributed by atoms with van der Waals surface area (Å²) in [6.07, 6.45) is 0. The van der Waals surface area contributed by atoms with Gasteiger partial charge in [-0.05, 0) is 0 Å². The van der Waals surface area contributed by atoms with Crippen LogP contribution in [-0.4, -0.2) is 40.7 Å².